The fourth-order valence-electron chi connectivity index (χ4n) is 3.60. The number of thioether (sulfide) groups is 1. The van der Waals surface area contributed by atoms with E-state index in [1.807, 2.05) is 30.5 Å². The van der Waals surface area contributed by atoms with Crippen LogP contribution in [0.5, 0.6) is 0 Å². The summed E-state index contributed by atoms with van der Waals surface area (Å²) in [5, 5.41) is 5.51. The number of esters is 1. The van der Waals surface area contributed by atoms with Crippen molar-refractivity contribution in [3.63, 3.8) is 0 Å². The molecule has 1 unspecified atom stereocenters. The van der Waals surface area contributed by atoms with Crippen LogP contribution >= 0.6 is 11.8 Å². The molecule has 0 aromatic heterocycles. The Morgan fingerprint density at radius 2 is 1.82 bits per heavy atom. The van der Waals surface area contributed by atoms with Crippen LogP contribution in [-0.2, 0) is 19.1 Å². The zero-order valence-corrected chi connectivity index (χ0v) is 19.0. The highest BCUT2D eigenvalue weighted by molar-refractivity contribution is 7.98. The summed E-state index contributed by atoms with van der Waals surface area (Å²) in [6.07, 6.45) is 3.93. The number of nitrogens with zero attached hydrogens (tertiary/aromatic N) is 1. The van der Waals surface area contributed by atoms with Gasteiger partial charge in [0.15, 0.2) is 6.61 Å². The smallest absolute Gasteiger partial charge is 0.311 e. The molecule has 0 spiro atoms. The zero-order chi connectivity index (χ0) is 23.4. The molecule has 2 aliphatic rings. The van der Waals surface area contributed by atoms with Crippen molar-refractivity contribution >= 4 is 46.8 Å². The van der Waals surface area contributed by atoms with Crippen LogP contribution < -0.4 is 15.5 Å². The summed E-state index contributed by atoms with van der Waals surface area (Å²) in [7, 11) is 0. The average molecular weight is 468 g/mol. The second kappa shape index (κ2) is 10.1. The molecule has 1 aliphatic carbocycles. The van der Waals surface area contributed by atoms with Gasteiger partial charge in [0, 0.05) is 29.6 Å². The van der Waals surface area contributed by atoms with Gasteiger partial charge in [-0.2, -0.15) is 0 Å². The summed E-state index contributed by atoms with van der Waals surface area (Å²) in [6.45, 7) is -0.285. The Bertz CT molecular complexity index is 1070. The van der Waals surface area contributed by atoms with Gasteiger partial charge in [0.2, 0.25) is 5.91 Å². The van der Waals surface area contributed by atoms with Crippen LogP contribution in [0.2, 0.25) is 0 Å². The monoisotopic (exact) mass is 467 g/mol. The van der Waals surface area contributed by atoms with Crippen molar-refractivity contribution in [1.29, 1.82) is 0 Å². The van der Waals surface area contributed by atoms with E-state index in [-0.39, 0.29) is 30.8 Å². The molecule has 1 saturated heterocycles. The number of carbonyl (C=O) groups excluding carboxylic acids is 4. The van der Waals surface area contributed by atoms with Gasteiger partial charge in [-0.1, -0.05) is 12.1 Å². The number of ether oxygens (including phenoxy) is 1. The van der Waals surface area contributed by atoms with Crippen molar-refractivity contribution in [2.45, 2.75) is 30.2 Å². The van der Waals surface area contributed by atoms with E-state index in [1.165, 1.54) is 0 Å². The molecule has 172 valence electrons. The summed E-state index contributed by atoms with van der Waals surface area (Å²) in [4.78, 5) is 52.2. The molecule has 1 heterocycles. The predicted molar refractivity (Wildman–Crippen MR) is 125 cm³/mol. The van der Waals surface area contributed by atoms with Gasteiger partial charge in [0.05, 0.1) is 17.2 Å². The molecule has 2 fully saturated rings. The maximum atomic E-state index is 12.5. The van der Waals surface area contributed by atoms with Crippen molar-refractivity contribution in [2.75, 3.05) is 29.6 Å². The van der Waals surface area contributed by atoms with Crippen LogP contribution in [0.25, 0.3) is 0 Å². The van der Waals surface area contributed by atoms with E-state index in [4.69, 9.17) is 4.74 Å². The lowest BCUT2D eigenvalue weighted by molar-refractivity contribution is -0.151. The van der Waals surface area contributed by atoms with E-state index in [0.29, 0.717) is 11.3 Å². The lowest BCUT2D eigenvalue weighted by Gasteiger charge is -2.17. The Kier molecular flexibility index (Phi) is 6.98. The Hall–Kier alpha value is -3.33. The zero-order valence-electron chi connectivity index (χ0n) is 18.2. The van der Waals surface area contributed by atoms with Crippen molar-refractivity contribution < 1.29 is 23.9 Å². The Morgan fingerprint density at radius 3 is 2.52 bits per heavy atom. The van der Waals surface area contributed by atoms with Crippen LogP contribution in [0.1, 0.15) is 29.6 Å². The summed E-state index contributed by atoms with van der Waals surface area (Å²) in [5.41, 5.74) is 1.44. The summed E-state index contributed by atoms with van der Waals surface area (Å²) < 4.78 is 5.17. The van der Waals surface area contributed by atoms with Crippen LogP contribution in [-0.4, -0.2) is 49.1 Å². The third-order valence-electron chi connectivity index (χ3n) is 5.55. The van der Waals surface area contributed by atoms with Gasteiger partial charge in [0.1, 0.15) is 0 Å². The number of anilines is 2. The molecule has 0 radical (unpaired) electrons. The molecule has 2 aromatic rings. The predicted octanol–water partition coefficient (Wildman–Crippen LogP) is 2.84. The normalized spacial score (nSPS) is 17.5. The van der Waals surface area contributed by atoms with Crippen LogP contribution in [0.15, 0.2) is 53.4 Å². The number of hydrogen-bond donors (Lipinski definition) is 2. The fraction of sp³-hybridized carbons (Fsp3) is 0.333. The number of rotatable bonds is 8. The molecule has 1 atom stereocenters. The number of amides is 3. The maximum Gasteiger partial charge on any atom is 0.311 e. The average Bonchev–Trinajstić information content (AvgIpc) is 3.55. The van der Waals surface area contributed by atoms with Crippen molar-refractivity contribution in [1.82, 2.24) is 5.32 Å². The van der Waals surface area contributed by atoms with Gasteiger partial charge in [-0.15, -0.1) is 11.8 Å². The number of nitrogens with one attached hydrogen (secondary N) is 2. The van der Waals surface area contributed by atoms with Gasteiger partial charge in [-0.05, 0) is 55.5 Å². The Morgan fingerprint density at radius 1 is 1.09 bits per heavy atom. The molecule has 1 aliphatic heterocycles. The Balaban J connectivity index is 1.29. The maximum absolute atomic E-state index is 12.5. The Labute approximate surface area is 196 Å². The van der Waals surface area contributed by atoms with E-state index in [1.54, 1.807) is 40.9 Å². The lowest BCUT2D eigenvalue weighted by atomic mass is 10.1. The summed E-state index contributed by atoms with van der Waals surface area (Å²) >= 11 is 1.61. The van der Waals surface area contributed by atoms with Crippen LogP contribution in [0, 0.1) is 5.92 Å². The quantitative estimate of drug-likeness (QED) is 0.457. The molecule has 2 N–H and O–H groups in total. The molecule has 8 nitrogen and oxygen atoms in total. The van der Waals surface area contributed by atoms with Crippen molar-refractivity contribution in [2.24, 2.45) is 5.92 Å². The highest BCUT2D eigenvalue weighted by Gasteiger charge is 2.36. The lowest BCUT2D eigenvalue weighted by Crippen LogP contribution is -2.29. The van der Waals surface area contributed by atoms with Crippen molar-refractivity contribution in [3.8, 4) is 0 Å². The SMILES string of the molecule is CSc1ccc(N2CC(C(=O)OCC(=O)Nc3ccccc3C(=O)NC3CC3)CC2=O)cc1. The molecule has 33 heavy (non-hydrogen) atoms. The van der Waals surface area contributed by atoms with Gasteiger partial charge >= 0.3 is 5.97 Å². The van der Waals surface area contributed by atoms with E-state index in [0.717, 1.165) is 23.4 Å². The molecular formula is C24H25N3O5S. The van der Waals surface area contributed by atoms with Crippen LogP contribution in [0.3, 0.4) is 0 Å². The molecule has 4 rings (SSSR count). The van der Waals surface area contributed by atoms with E-state index in [2.05, 4.69) is 10.6 Å². The van der Waals surface area contributed by atoms with E-state index in [9.17, 15) is 19.2 Å². The minimum atomic E-state index is -0.637. The highest BCUT2D eigenvalue weighted by atomic mass is 32.2. The van der Waals surface area contributed by atoms with Gasteiger partial charge in [-0.3, -0.25) is 19.2 Å². The standard InChI is InChI=1S/C24H25N3O5S/c1-33-18-10-8-17(9-11-18)27-13-15(12-22(27)29)24(31)32-14-21(28)26-20-5-3-2-4-19(20)23(30)25-16-6-7-16/h2-5,8-11,15-16H,6-7,12-14H2,1H3,(H,25,30)(H,26,28). The first kappa shape index (κ1) is 22.8. The third kappa shape index (κ3) is 5.73. The summed E-state index contributed by atoms with van der Waals surface area (Å²) in [6, 6.07) is 14.4. The second-order valence-electron chi connectivity index (χ2n) is 8.05. The number of hydrogen-bond acceptors (Lipinski definition) is 6. The first-order valence-electron chi connectivity index (χ1n) is 10.8. The number of para-hydroxylation sites is 1. The molecular weight excluding hydrogens is 442 g/mol. The minimum absolute atomic E-state index is 0.0366. The highest BCUT2D eigenvalue weighted by Crippen LogP contribution is 2.28. The number of carbonyl (C=O) groups is 4. The fourth-order valence-corrected chi connectivity index (χ4v) is 4.01. The minimum Gasteiger partial charge on any atom is -0.455 e. The molecule has 3 amide bonds. The van der Waals surface area contributed by atoms with Crippen molar-refractivity contribution in [3.05, 3.63) is 54.1 Å². The van der Waals surface area contributed by atoms with Crippen LogP contribution in [0.4, 0.5) is 11.4 Å². The van der Waals surface area contributed by atoms with Gasteiger partial charge < -0.3 is 20.3 Å². The number of benzene rings is 2. The molecule has 1 saturated carbocycles. The molecule has 2 aromatic carbocycles. The third-order valence-corrected chi connectivity index (χ3v) is 6.29. The molecule has 0 bridgehead atoms. The second-order valence-corrected chi connectivity index (χ2v) is 8.93. The first-order chi connectivity index (χ1) is 15.9. The first-order valence-corrected chi connectivity index (χ1v) is 12.0. The van der Waals surface area contributed by atoms with E-state index < -0.39 is 24.4 Å². The topological polar surface area (TPSA) is 105 Å². The summed E-state index contributed by atoms with van der Waals surface area (Å²) in [5.74, 6) is -2.19. The molecule has 9 heteroatoms. The van der Waals surface area contributed by atoms with E-state index >= 15 is 0 Å². The van der Waals surface area contributed by atoms with Gasteiger partial charge in [-0.25, -0.2) is 0 Å². The van der Waals surface area contributed by atoms with Gasteiger partial charge in [0.25, 0.3) is 11.8 Å². The largest absolute Gasteiger partial charge is 0.455 e.